The first-order chi connectivity index (χ1) is 13.6. The first kappa shape index (κ1) is 18.3. The van der Waals surface area contributed by atoms with Gasteiger partial charge in [0.05, 0.1) is 5.57 Å². The van der Waals surface area contributed by atoms with E-state index in [4.69, 9.17) is 4.74 Å². The van der Waals surface area contributed by atoms with Crippen molar-refractivity contribution in [1.29, 1.82) is 0 Å². The standard InChI is InChI=1S/C24H25NO4/c1-22(2)9-14-20(17(27)11-22)29-18-12-23(3,4)10-16(26)19(18)24(14)13-7-5-6-8-15(13)25-21(24)28/h5-8H,9-12H2,1-4H3,(H,25,28)/t24-/m0/s1. The van der Waals surface area contributed by atoms with Gasteiger partial charge < -0.3 is 10.1 Å². The van der Waals surface area contributed by atoms with Crippen LogP contribution in [-0.2, 0) is 24.5 Å². The number of nitrogens with one attached hydrogen (secondary N) is 1. The molecular weight excluding hydrogens is 366 g/mol. The monoisotopic (exact) mass is 391 g/mol. The van der Waals surface area contributed by atoms with Gasteiger partial charge >= 0.3 is 0 Å². The second-order valence-electron chi connectivity index (χ2n) is 10.3. The molecule has 0 saturated heterocycles. The summed E-state index contributed by atoms with van der Waals surface area (Å²) in [5, 5.41) is 2.98. The lowest BCUT2D eigenvalue weighted by Crippen LogP contribution is -2.50. The molecule has 2 aliphatic heterocycles. The van der Waals surface area contributed by atoms with E-state index in [1.54, 1.807) is 0 Å². The van der Waals surface area contributed by atoms with Gasteiger partial charge in [0.1, 0.15) is 11.2 Å². The van der Waals surface area contributed by atoms with Gasteiger partial charge in [-0.25, -0.2) is 0 Å². The second-order valence-corrected chi connectivity index (χ2v) is 10.3. The largest absolute Gasteiger partial charge is 0.457 e. The Bertz CT molecular complexity index is 1070. The van der Waals surface area contributed by atoms with Gasteiger partial charge in [-0.15, -0.1) is 0 Å². The number of carbonyl (C=O) groups excluding carboxylic acids is 3. The summed E-state index contributed by atoms with van der Waals surface area (Å²) in [6, 6.07) is 7.49. The molecule has 0 aromatic heterocycles. The summed E-state index contributed by atoms with van der Waals surface area (Å²) < 4.78 is 6.16. The highest BCUT2D eigenvalue weighted by Crippen LogP contribution is 2.59. The van der Waals surface area contributed by atoms with Gasteiger partial charge in [-0.05, 0) is 23.3 Å². The summed E-state index contributed by atoms with van der Waals surface area (Å²) in [5.41, 5.74) is 0.690. The molecular formula is C24H25NO4. The second kappa shape index (κ2) is 5.47. The van der Waals surface area contributed by atoms with Gasteiger partial charge in [0.25, 0.3) is 0 Å². The maximum absolute atomic E-state index is 13.6. The predicted octanol–water partition coefficient (Wildman–Crippen LogP) is 4.19. The molecule has 1 spiro atoms. The molecule has 0 saturated carbocycles. The molecule has 1 amide bonds. The van der Waals surface area contributed by atoms with Crippen LogP contribution in [0, 0.1) is 10.8 Å². The number of para-hydroxylation sites is 1. The SMILES string of the molecule is CC1(C)CC(=O)C2=C(C1)OC1=C(CC(C)(C)CC1=O)[C@]21C(=O)Nc2ccccc21. The molecule has 5 heteroatoms. The smallest absolute Gasteiger partial charge is 0.244 e. The normalized spacial score (nSPS) is 29.3. The van der Waals surface area contributed by atoms with Crippen LogP contribution in [0.3, 0.4) is 0 Å². The van der Waals surface area contributed by atoms with Crippen molar-refractivity contribution in [1.82, 2.24) is 0 Å². The third-order valence-electron chi connectivity index (χ3n) is 6.63. The predicted molar refractivity (Wildman–Crippen MR) is 108 cm³/mol. The molecule has 2 aliphatic carbocycles. The Labute approximate surface area is 170 Å². The summed E-state index contributed by atoms with van der Waals surface area (Å²) in [6.45, 7) is 8.08. The van der Waals surface area contributed by atoms with Crippen LogP contribution in [0.15, 0.2) is 46.9 Å². The maximum Gasteiger partial charge on any atom is 0.244 e. The van der Waals surface area contributed by atoms with Crippen molar-refractivity contribution in [3.63, 3.8) is 0 Å². The lowest BCUT2D eigenvalue weighted by Gasteiger charge is -2.46. The van der Waals surface area contributed by atoms with E-state index in [9.17, 15) is 14.4 Å². The van der Waals surface area contributed by atoms with Crippen LogP contribution >= 0.6 is 0 Å². The molecule has 150 valence electrons. The number of anilines is 1. The van der Waals surface area contributed by atoms with E-state index in [1.807, 2.05) is 52.0 Å². The van der Waals surface area contributed by atoms with Gasteiger partial charge in [-0.3, -0.25) is 14.4 Å². The Morgan fingerprint density at radius 2 is 1.52 bits per heavy atom. The maximum atomic E-state index is 13.6. The van der Waals surface area contributed by atoms with Crippen molar-refractivity contribution in [3.8, 4) is 0 Å². The van der Waals surface area contributed by atoms with Crippen molar-refractivity contribution < 1.29 is 19.1 Å². The number of hydrogen-bond donors (Lipinski definition) is 1. The summed E-state index contributed by atoms with van der Waals surface area (Å²) in [6.07, 6.45) is 1.78. The topological polar surface area (TPSA) is 72.5 Å². The Balaban J connectivity index is 1.86. The molecule has 5 rings (SSSR count). The first-order valence-corrected chi connectivity index (χ1v) is 10.2. The highest BCUT2D eigenvalue weighted by Gasteiger charge is 2.62. The van der Waals surface area contributed by atoms with Crippen LogP contribution in [0.25, 0.3) is 0 Å². The molecule has 1 aromatic carbocycles. The summed E-state index contributed by atoms with van der Waals surface area (Å²) >= 11 is 0. The molecule has 1 N–H and O–H groups in total. The first-order valence-electron chi connectivity index (χ1n) is 10.2. The fraction of sp³-hybridized carbons (Fsp3) is 0.458. The molecule has 0 unspecified atom stereocenters. The Kier molecular flexibility index (Phi) is 3.46. The van der Waals surface area contributed by atoms with Gasteiger partial charge in [0.15, 0.2) is 17.3 Å². The number of fused-ring (bicyclic) bond motifs is 4. The molecule has 4 aliphatic rings. The minimum absolute atomic E-state index is 0.0644. The third kappa shape index (κ3) is 2.36. The summed E-state index contributed by atoms with van der Waals surface area (Å²) in [4.78, 5) is 40.2. The van der Waals surface area contributed by atoms with Crippen LogP contribution in [-0.4, -0.2) is 17.5 Å². The number of rotatable bonds is 0. The molecule has 29 heavy (non-hydrogen) atoms. The molecule has 1 aromatic rings. The number of Topliss-reactive ketones (excluding diaryl/α,β-unsaturated/α-hetero) is 2. The number of benzene rings is 1. The Morgan fingerprint density at radius 3 is 2.28 bits per heavy atom. The van der Waals surface area contributed by atoms with E-state index >= 15 is 0 Å². The summed E-state index contributed by atoms with van der Waals surface area (Å²) in [5.74, 6) is 0.367. The lowest BCUT2D eigenvalue weighted by molar-refractivity contribution is -0.127. The molecule has 0 fully saturated rings. The van der Waals surface area contributed by atoms with E-state index in [1.165, 1.54) is 0 Å². The Morgan fingerprint density at radius 1 is 0.862 bits per heavy atom. The highest BCUT2D eigenvalue weighted by atomic mass is 16.5. The highest BCUT2D eigenvalue weighted by molar-refractivity contribution is 6.19. The zero-order valence-corrected chi connectivity index (χ0v) is 17.3. The van der Waals surface area contributed by atoms with Crippen LogP contribution in [0.5, 0.6) is 0 Å². The molecule has 0 radical (unpaired) electrons. The zero-order valence-electron chi connectivity index (χ0n) is 17.3. The van der Waals surface area contributed by atoms with Crippen LogP contribution in [0.1, 0.15) is 58.9 Å². The molecule has 0 bridgehead atoms. The van der Waals surface area contributed by atoms with Crippen molar-refractivity contribution in [2.45, 2.75) is 58.8 Å². The van der Waals surface area contributed by atoms with Gasteiger partial charge in [-0.1, -0.05) is 45.9 Å². The Hall–Kier alpha value is -2.69. The third-order valence-corrected chi connectivity index (χ3v) is 6.63. The van der Waals surface area contributed by atoms with E-state index in [-0.39, 0.29) is 34.1 Å². The van der Waals surface area contributed by atoms with E-state index in [0.29, 0.717) is 48.3 Å². The van der Waals surface area contributed by atoms with Crippen molar-refractivity contribution >= 4 is 23.2 Å². The van der Waals surface area contributed by atoms with Crippen molar-refractivity contribution in [2.75, 3.05) is 5.32 Å². The van der Waals surface area contributed by atoms with Gasteiger partial charge in [-0.2, -0.15) is 0 Å². The number of ketones is 2. The number of allylic oxidation sites excluding steroid dienone is 2. The minimum atomic E-state index is -1.26. The summed E-state index contributed by atoms with van der Waals surface area (Å²) in [7, 11) is 0. The number of carbonyl (C=O) groups is 3. The van der Waals surface area contributed by atoms with E-state index < -0.39 is 5.41 Å². The van der Waals surface area contributed by atoms with Crippen LogP contribution in [0.4, 0.5) is 5.69 Å². The zero-order chi connectivity index (χ0) is 20.8. The van der Waals surface area contributed by atoms with Gasteiger partial charge in [0.2, 0.25) is 5.91 Å². The van der Waals surface area contributed by atoms with Crippen molar-refractivity contribution in [3.05, 3.63) is 52.5 Å². The average Bonchev–Trinajstić information content (AvgIpc) is 2.87. The van der Waals surface area contributed by atoms with Gasteiger partial charge in [0, 0.05) is 36.1 Å². The number of amides is 1. The van der Waals surface area contributed by atoms with Crippen LogP contribution in [0.2, 0.25) is 0 Å². The van der Waals surface area contributed by atoms with Crippen LogP contribution < -0.4 is 5.32 Å². The van der Waals surface area contributed by atoms with E-state index in [2.05, 4.69) is 5.32 Å². The van der Waals surface area contributed by atoms with E-state index in [0.717, 1.165) is 5.56 Å². The molecule has 5 nitrogen and oxygen atoms in total. The lowest BCUT2D eigenvalue weighted by atomic mass is 9.57. The fourth-order valence-electron chi connectivity index (χ4n) is 5.57. The molecule has 1 atom stereocenters. The molecule has 2 heterocycles. The number of ether oxygens (including phenoxy) is 1. The number of hydrogen-bond acceptors (Lipinski definition) is 4. The quantitative estimate of drug-likeness (QED) is 0.720. The average molecular weight is 391 g/mol. The van der Waals surface area contributed by atoms with Crippen molar-refractivity contribution in [2.24, 2.45) is 10.8 Å². The minimum Gasteiger partial charge on any atom is -0.457 e. The fourth-order valence-corrected chi connectivity index (χ4v) is 5.57.